The normalized spacial score (nSPS) is 21.2. The standard InChI is InChI=1S/C13H20N4O2/c1-9(14)12-4-2-3-7-16(12)10-5-6-13(17(18)19)11(15)8-10/h5-6,8-9,12H,2-4,7,14-15H2,1H3. The summed E-state index contributed by atoms with van der Waals surface area (Å²) < 4.78 is 0. The van der Waals surface area contributed by atoms with Crippen LogP contribution in [0, 0.1) is 10.1 Å². The molecular formula is C13H20N4O2. The lowest BCUT2D eigenvalue weighted by Crippen LogP contribution is -2.49. The Morgan fingerprint density at radius 3 is 2.79 bits per heavy atom. The molecule has 0 amide bonds. The largest absolute Gasteiger partial charge is 0.393 e. The van der Waals surface area contributed by atoms with E-state index in [0.717, 1.165) is 25.1 Å². The van der Waals surface area contributed by atoms with Gasteiger partial charge in [-0.25, -0.2) is 0 Å². The van der Waals surface area contributed by atoms with Crippen molar-refractivity contribution in [3.05, 3.63) is 28.3 Å². The molecule has 1 aromatic carbocycles. The number of anilines is 2. The van der Waals surface area contributed by atoms with Crippen LogP contribution in [0.3, 0.4) is 0 Å². The molecule has 1 heterocycles. The van der Waals surface area contributed by atoms with Gasteiger partial charge < -0.3 is 16.4 Å². The maximum absolute atomic E-state index is 10.8. The zero-order valence-electron chi connectivity index (χ0n) is 11.1. The number of nitrogen functional groups attached to an aromatic ring is 1. The van der Waals surface area contributed by atoms with Crippen molar-refractivity contribution < 1.29 is 4.92 Å². The number of nitrogens with two attached hydrogens (primary N) is 2. The number of rotatable bonds is 3. The topological polar surface area (TPSA) is 98.4 Å². The van der Waals surface area contributed by atoms with Crippen molar-refractivity contribution >= 4 is 17.1 Å². The van der Waals surface area contributed by atoms with Gasteiger partial charge in [-0.05, 0) is 38.3 Å². The Bertz CT molecular complexity index is 476. The molecule has 104 valence electrons. The molecule has 2 atom stereocenters. The molecule has 1 fully saturated rings. The van der Waals surface area contributed by atoms with Crippen LogP contribution in [0.5, 0.6) is 0 Å². The van der Waals surface area contributed by atoms with Crippen molar-refractivity contribution in [3.63, 3.8) is 0 Å². The van der Waals surface area contributed by atoms with E-state index in [4.69, 9.17) is 11.5 Å². The Morgan fingerprint density at radius 2 is 2.21 bits per heavy atom. The monoisotopic (exact) mass is 264 g/mol. The molecule has 2 unspecified atom stereocenters. The number of hydrogen-bond donors (Lipinski definition) is 2. The molecular weight excluding hydrogens is 244 g/mol. The van der Waals surface area contributed by atoms with Gasteiger partial charge in [-0.3, -0.25) is 10.1 Å². The molecule has 0 aliphatic carbocycles. The predicted molar refractivity (Wildman–Crippen MR) is 76.1 cm³/mol. The fourth-order valence-corrected chi connectivity index (χ4v) is 2.71. The molecule has 6 heteroatoms. The third-order valence-electron chi connectivity index (χ3n) is 3.70. The van der Waals surface area contributed by atoms with E-state index in [9.17, 15) is 10.1 Å². The molecule has 0 radical (unpaired) electrons. The van der Waals surface area contributed by atoms with Gasteiger partial charge in [0.1, 0.15) is 5.69 Å². The summed E-state index contributed by atoms with van der Waals surface area (Å²) in [6, 6.07) is 5.25. The highest BCUT2D eigenvalue weighted by atomic mass is 16.6. The van der Waals surface area contributed by atoms with Crippen molar-refractivity contribution in [2.24, 2.45) is 5.73 Å². The lowest BCUT2D eigenvalue weighted by Gasteiger charge is -2.39. The Morgan fingerprint density at radius 1 is 1.47 bits per heavy atom. The van der Waals surface area contributed by atoms with Gasteiger partial charge in [0.15, 0.2) is 0 Å². The predicted octanol–water partition coefficient (Wildman–Crippen LogP) is 1.88. The molecule has 19 heavy (non-hydrogen) atoms. The van der Waals surface area contributed by atoms with Crippen LogP contribution in [-0.2, 0) is 0 Å². The van der Waals surface area contributed by atoms with Crippen LogP contribution in [0.2, 0.25) is 0 Å². The van der Waals surface area contributed by atoms with Crippen LogP contribution >= 0.6 is 0 Å². The first-order valence-electron chi connectivity index (χ1n) is 6.57. The van der Waals surface area contributed by atoms with Crippen LogP contribution in [0.25, 0.3) is 0 Å². The maximum Gasteiger partial charge on any atom is 0.292 e. The van der Waals surface area contributed by atoms with Crippen LogP contribution in [0.1, 0.15) is 26.2 Å². The third-order valence-corrected chi connectivity index (χ3v) is 3.70. The highest BCUT2D eigenvalue weighted by molar-refractivity contribution is 5.67. The number of benzene rings is 1. The van der Waals surface area contributed by atoms with Crippen LogP contribution < -0.4 is 16.4 Å². The van der Waals surface area contributed by atoms with Gasteiger partial charge in [0.25, 0.3) is 5.69 Å². The SMILES string of the molecule is CC(N)C1CCCCN1c1ccc([N+](=O)[O-])c(N)c1. The fourth-order valence-electron chi connectivity index (χ4n) is 2.71. The molecule has 6 nitrogen and oxygen atoms in total. The van der Waals surface area contributed by atoms with E-state index in [-0.39, 0.29) is 23.5 Å². The van der Waals surface area contributed by atoms with Crippen LogP contribution in [0.15, 0.2) is 18.2 Å². The average molecular weight is 264 g/mol. The summed E-state index contributed by atoms with van der Waals surface area (Å²) >= 11 is 0. The minimum atomic E-state index is -0.460. The second-order valence-corrected chi connectivity index (χ2v) is 5.12. The minimum Gasteiger partial charge on any atom is -0.393 e. The molecule has 0 spiro atoms. The van der Waals surface area contributed by atoms with Crippen molar-refractivity contribution in [2.75, 3.05) is 17.2 Å². The first kappa shape index (κ1) is 13.6. The summed E-state index contributed by atoms with van der Waals surface area (Å²) in [5.74, 6) is 0. The second kappa shape index (κ2) is 5.44. The lowest BCUT2D eigenvalue weighted by atomic mass is 9.96. The molecule has 0 bridgehead atoms. The van der Waals surface area contributed by atoms with Gasteiger partial charge >= 0.3 is 0 Å². The fraction of sp³-hybridized carbons (Fsp3) is 0.538. The summed E-state index contributed by atoms with van der Waals surface area (Å²) in [6.45, 7) is 2.92. The van der Waals surface area contributed by atoms with Crippen molar-refractivity contribution in [1.29, 1.82) is 0 Å². The van der Waals surface area contributed by atoms with E-state index in [2.05, 4.69) is 4.90 Å². The highest BCUT2D eigenvalue weighted by Crippen LogP contribution is 2.31. The van der Waals surface area contributed by atoms with E-state index in [1.165, 1.54) is 12.5 Å². The zero-order valence-corrected chi connectivity index (χ0v) is 11.1. The molecule has 2 rings (SSSR count). The van der Waals surface area contributed by atoms with Crippen molar-refractivity contribution in [1.82, 2.24) is 0 Å². The molecule has 1 aliphatic heterocycles. The van der Waals surface area contributed by atoms with Gasteiger partial charge in [-0.1, -0.05) is 0 Å². The zero-order chi connectivity index (χ0) is 14.0. The molecule has 1 aliphatic rings. The van der Waals surface area contributed by atoms with E-state index in [1.807, 2.05) is 6.92 Å². The summed E-state index contributed by atoms with van der Waals surface area (Å²) in [5.41, 5.74) is 12.9. The van der Waals surface area contributed by atoms with E-state index in [0.29, 0.717) is 0 Å². The summed E-state index contributed by atoms with van der Waals surface area (Å²) in [4.78, 5) is 12.5. The lowest BCUT2D eigenvalue weighted by molar-refractivity contribution is -0.383. The minimum absolute atomic E-state index is 0.0434. The third kappa shape index (κ3) is 2.78. The van der Waals surface area contributed by atoms with E-state index >= 15 is 0 Å². The van der Waals surface area contributed by atoms with E-state index < -0.39 is 4.92 Å². The van der Waals surface area contributed by atoms with E-state index in [1.54, 1.807) is 12.1 Å². The second-order valence-electron chi connectivity index (χ2n) is 5.12. The number of nitro benzene ring substituents is 1. The summed E-state index contributed by atoms with van der Waals surface area (Å²) in [6.07, 6.45) is 3.33. The Labute approximate surface area is 112 Å². The van der Waals surface area contributed by atoms with Gasteiger partial charge in [-0.15, -0.1) is 0 Å². The molecule has 1 aromatic rings. The van der Waals surface area contributed by atoms with Crippen LogP contribution in [0.4, 0.5) is 17.1 Å². The molecule has 0 aromatic heterocycles. The first-order valence-corrected chi connectivity index (χ1v) is 6.57. The van der Waals surface area contributed by atoms with Crippen LogP contribution in [-0.4, -0.2) is 23.6 Å². The number of piperidine rings is 1. The first-order chi connectivity index (χ1) is 9.00. The number of nitro groups is 1. The van der Waals surface area contributed by atoms with Gasteiger partial charge in [-0.2, -0.15) is 0 Å². The van der Waals surface area contributed by atoms with Gasteiger partial charge in [0, 0.05) is 30.4 Å². The van der Waals surface area contributed by atoms with Crippen molar-refractivity contribution in [3.8, 4) is 0 Å². The summed E-state index contributed by atoms with van der Waals surface area (Å²) in [7, 11) is 0. The smallest absolute Gasteiger partial charge is 0.292 e. The van der Waals surface area contributed by atoms with Crippen molar-refractivity contribution in [2.45, 2.75) is 38.3 Å². The van der Waals surface area contributed by atoms with Gasteiger partial charge in [0.2, 0.25) is 0 Å². The quantitative estimate of drug-likeness (QED) is 0.493. The Kier molecular flexibility index (Phi) is 3.90. The molecule has 0 saturated carbocycles. The maximum atomic E-state index is 10.8. The number of nitrogens with zero attached hydrogens (tertiary/aromatic N) is 2. The number of hydrogen-bond acceptors (Lipinski definition) is 5. The summed E-state index contributed by atoms with van der Waals surface area (Å²) in [5, 5.41) is 10.8. The molecule has 4 N–H and O–H groups in total. The Hall–Kier alpha value is -1.82. The molecule has 1 saturated heterocycles. The Balaban J connectivity index is 2.29. The highest BCUT2D eigenvalue weighted by Gasteiger charge is 2.26. The average Bonchev–Trinajstić information content (AvgIpc) is 2.38. The van der Waals surface area contributed by atoms with Gasteiger partial charge in [0.05, 0.1) is 4.92 Å².